The van der Waals surface area contributed by atoms with E-state index >= 15 is 0 Å². The monoisotopic (exact) mass is 330 g/mol. The van der Waals surface area contributed by atoms with Gasteiger partial charge in [0.05, 0.1) is 12.2 Å². The first kappa shape index (κ1) is 17.1. The lowest BCUT2D eigenvalue weighted by Gasteiger charge is -2.37. The number of nitrogens with one attached hydrogen (secondary N) is 1. The summed E-state index contributed by atoms with van der Waals surface area (Å²) in [5.74, 6) is 0.199. The van der Waals surface area contributed by atoms with E-state index in [1.165, 1.54) is 6.92 Å². The molecule has 1 heterocycles. The molecule has 3 rings (SSSR count). The van der Waals surface area contributed by atoms with Crippen LogP contribution in [-0.2, 0) is 16.0 Å². The average molecular weight is 330 g/mol. The largest absolute Gasteiger partial charge is 0.373 e. The van der Waals surface area contributed by atoms with Crippen molar-refractivity contribution in [3.8, 4) is 0 Å². The first-order valence-corrected chi connectivity index (χ1v) is 8.75. The fraction of sp³-hybridized carbons (Fsp3) is 0.579. The van der Waals surface area contributed by atoms with Gasteiger partial charge in [0.2, 0.25) is 5.91 Å². The zero-order chi connectivity index (χ0) is 17.3. The van der Waals surface area contributed by atoms with Crippen LogP contribution < -0.4 is 5.32 Å². The van der Waals surface area contributed by atoms with Crippen LogP contribution in [0.5, 0.6) is 0 Å². The summed E-state index contributed by atoms with van der Waals surface area (Å²) < 4.78 is 5.77. The van der Waals surface area contributed by atoms with Gasteiger partial charge in [0.25, 0.3) is 0 Å². The number of carbonyl (C=O) groups is 2. The Labute approximate surface area is 143 Å². The Kier molecular flexibility index (Phi) is 5.01. The summed E-state index contributed by atoms with van der Waals surface area (Å²) in [7, 11) is 0. The molecule has 0 aromatic heterocycles. The number of ether oxygens (including phenoxy) is 1. The molecule has 3 unspecified atom stereocenters. The summed E-state index contributed by atoms with van der Waals surface area (Å²) in [5, 5.41) is 2.78. The summed E-state index contributed by atoms with van der Waals surface area (Å²) in [5.41, 5.74) is 2.63. The SMILES string of the molecule is CC(=O)Nc1ccc2c(c1)CCC(CN1CC(C)OC(C)C1)C2=O. The predicted molar refractivity (Wildman–Crippen MR) is 93.3 cm³/mol. The number of rotatable bonds is 3. The minimum Gasteiger partial charge on any atom is -0.373 e. The van der Waals surface area contributed by atoms with E-state index in [1.54, 1.807) is 0 Å². The van der Waals surface area contributed by atoms with Crippen molar-refractivity contribution in [2.75, 3.05) is 25.0 Å². The number of carbonyl (C=O) groups excluding carboxylic acids is 2. The molecule has 1 aromatic rings. The molecule has 2 aliphatic rings. The maximum atomic E-state index is 12.8. The van der Waals surface area contributed by atoms with Gasteiger partial charge in [-0.3, -0.25) is 14.5 Å². The number of nitrogens with zero attached hydrogens (tertiary/aromatic N) is 1. The van der Waals surface area contributed by atoms with Crippen LogP contribution in [0.4, 0.5) is 5.69 Å². The van der Waals surface area contributed by atoms with Gasteiger partial charge < -0.3 is 10.1 Å². The smallest absolute Gasteiger partial charge is 0.221 e. The minimum absolute atomic E-state index is 0.0571. The van der Waals surface area contributed by atoms with E-state index in [2.05, 4.69) is 24.1 Å². The Morgan fingerprint density at radius 3 is 2.67 bits per heavy atom. The lowest BCUT2D eigenvalue weighted by Crippen LogP contribution is -2.48. The second-order valence-corrected chi connectivity index (χ2v) is 7.13. The molecule has 1 aliphatic carbocycles. The normalized spacial score (nSPS) is 27.6. The quantitative estimate of drug-likeness (QED) is 0.925. The zero-order valence-corrected chi connectivity index (χ0v) is 14.7. The Morgan fingerprint density at radius 2 is 2.00 bits per heavy atom. The van der Waals surface area contributed by atoms with E-state index in [0.717, 1.165) is 49.3 Å². The highest BCUT2D eigenvalue weighted by molar-refractivity contribution is 6.01. The summed E-state index contributed by atoms with van der Waals surface area (Å²) >= 11 is 0. The summed E-state index contributed by atoms with van der Waals surface area (Å²) in [4.78, 5) is 26.4. The van der Waals surface area contributed by atoms with Crippen molar-refractivity contribution in [1.82, 2.24) is 4.90 Å². The van der Waals surface area contributed by atoms with E-state index in [4.69, 9.17) is 4.74 Å². The highest BCUT2D eigenvalue weighted by Gasteiger charge is 2.31. The second kappa shape index (κ2) is 7.03. The molecule has 1 aliphatic heterocycles. The Bertz CT molecular complexity index is 633. The topological polar surface area (TPSA) is 58.6 Å². The van der Waals surface area contributed by atoms with Gasteiger partial charge in [0, 0.05) is 43.7 Å². The van der Waals surface area contributed by atoms with Gasteiger partial charge in [-0.05, 0) is 50.5 Å². The van der Waals surface area contributed by atoms with E-state index in [9.17, 15) is 9.59 Å². The van der Waals surface area contributed by atoms with Crippen LogP contribution in [-0.4, -0.2) is 48.4 Å². The molecule has 0 radical (unpaired) electrons. The van der Waals surface area contributed by atoms with E-state index in [0.29, 0.717) is 0 Å². The third kappa shape index (κ3) is 3.84. The first-order chi connectivity index (χ1) is 11.4. The Hall–Kier alpha value is -1.72. The van der Waals surface area contributed by atoms with Crippen molar-refractivity contribution in [3.63, 3.8) is 0 Å². The van der Waals surface area contributed by atoms with Gasteiger partial charge in [0.1, 0.15) is 0 Å². The van der Waals surface area contributed by atoms with Crippen LogP contribution in [0.15, 0.2) is 18.2 Å². The number of benzene rings is 1. The van der Waals surface area contributed by atoms with Crippen LogP contribution in [0.1, 0.15) is 43.1 Å². The fourth-order valence-corrected chi connectivity index (χ4v) is 3.92. The Balaban J connectivity index is 1.69. The maximum absolute atomic E-state index is 12.8. The molecule has 1 amide bonds. The first-order valence-electron chi connectivity index (χ1n) is 8.75. The highest BCUT2D eigenvalue weighted by Crippen LogP contribution is 2.29. The molecular weight excluding hydrogens is 304 g/mol. The van der Waals surface area contributed by atoms with Gasteiger partial charge in [-0.2, -0.15) is 0 Å². The van der Waals surface area contributed by atoms with Crippen LogP contribution in [0.3, 0.4) is 0 Å². The van der Waals surface area contributed by atoms with Crippen molar-refractivity contribution in [3.05, 3.63) is 29.3 Å². The van der Waals surface area contributed by atoms with Crippen LogP contribution >= 0.6 is 0 Å². The molecule has 5 heteroatoms. The Morgan fingerprint density at radius 1 is 1.29 bits per heavy atom. The molecule has 1 N–H and O–H groups in total. The van der Waals surface area contributed by atoms with E-state index in [1.807, 2.05) is 18.2 Å². The molecule has 3 atom stereocenters. The van der Waals surface area contributed by atoms with Crippen molar-refractivity contribution >= 4 is 17.4 Å². The maximum Gasteiger partial charge on any atom is 0.221 e. The van der Waals surface area contributed by atoms with Gasteiger partial charge in [-0.1, -0.05) is 0 Å². The van der Waals surface area contributed by atoms with Crippen molar-refractivity contribution in [2.45, 2.75) is 45.8 Å². The van der Waals surface area contributed by atoms with Crippen LogP contribution in [0.25, 0.3) is 0 Å². The zero-order valence-electron chi connectivity index (χ0n) is 14.7. The number of amides is 1. The highest BCUT2D eigenvalue weighted by atomic mass is 16.5. The van der Waals surface area contributed by atoms with Crippen molar-refractivity contribution < 1.29 is 14.3 Å². The van der Waals surface area contributed by atoms with Crippen molar-refractivity contribution in [1.29, 1.82) is 0 Å². The van der Waals surface area contributed by atoms with Gasteiger partial charge in [-0.25, -0.2) is 0 Å². The predicted octanol–water partition coefficient (Wildman–Crippen LogP) is 2.50. The second-order valence-electron chi connectivity index (χ2n) is 7.13. The van der Waals surface area contributed by atoms with Gasteiger partial charge in [0.15, 0.2) is 5.78 Å². The standard InChI is InChI=1S/C19H26N2O3/c1-12-9-21(10-13(2)24-12)11-16-5-4-15-8-17(20-14(3)22)6-7-18(15)19(16)23/h6-8,12-13,16H,4-5,9-11H2,1-3H3,(H,20,22). The summed E-state index contributed by atoms with van der Waals surface area (Å²) in [6, 6.07) is 5.61. The average Bonchev–Trinajstić information content (AvgIpc) is 2.48. The molecule has 0 spiro atoms. The molecule has 1 aromatic carbocycles. The molecule has 1 fully saturated rings. The molecule has 0 saturated carbocycles. The third-order valence-electron chi connectivity index (χ3n) is 4.80. The van der Waals surface area contributed by atoms with Crippen LogP contribution in [0, 0.1) is 5.92 Å². The fourth-order valence-electron chi connectivity index (χ4n) is 3.92. The summed E-state index contributed by atoms with van der Waals surface area (Å²) in [6.45, 7) is 8.26. The number of aryl methyl sites for hydroxylation is 1. The number of anilines is 1. The molecule has 0 bridgehead atoms. The molecular formula is C19H26N2O3. The molecule has 24 heavy (non-hydrogen) atoms. The third-order valence-corrected chi connectivity index (χ3v) is 4.80. The number of morpholine rings is 1. The number of Topliss-reactive ketones (excluding diaryl/α,β-unsaturated/α-hetero) is 1. The number of hydrogen-bond acceptors (Lipinski definition) is 4. The number of fused-ring (bicyclic) bond motifs is 1. The minimum atomic E-state index is -0.0921. The molecule has 130 valence electrons. The van der Waals surface area contributed by atoms with E-state index < -0.39 is 0 Å². The molecule has 1 saturated heterocycles. The van der Waals surface area contributed by atoms with Gasteiger partial charge >= 0.3 is 0 Å². The number of ketones is 1. The van der Waals surface area contributed by atoms with E-state index in [-0.39, 0.29) is 29.8 Å². The summed E-state index contributed by atoms with van der Waals surface area (Å²) in [6.07, 6.45) is 2.20. The van der Waals surface area contributed by atoms with Crippen LogP contribution in [0.2, 0.25) is 0 Å². The lowest BCUT2D eigenvalue weighted by atomic mass is 9.82. The van der Waals surface area contributed by atoms with Gasteiger partial charge in [-0.15, -0.1) is 0 Å². The number of hydrogen-bond donors (Lipinski definition) is 1. The molecule has 5 nitrogen and oxygen atoms in total. The lowest BCUT2D eigenvalue weighted by molar-refractivity contribution is -0.114. The van der Waals surface area contributed by atoms with Crippen molar-refractivity contribution in [2.24, 2.45) is 5.92 Å².